The smallest absolute Gasteiger partial charge is 0.358 e. The topological polar surface area (TPSA) is 74.2 Å². The number of ether oxygens (including phenoxy) is 2. The van der Waals surface area contributed by atoms with Crippen molar-refractivity contribution in [3.8, 4) is 11.6 Å². The van der Waals surface area contributed by atoms with E-state index in [-0.39, 0.29) is 11.6 Å². The maximum Gasteiger partial charge on any atom is 0.358 e. The van der Waals surface area contributed by atoms with Crippen LogP contribution in [0, 0.1) is 6.92 Å². The minimum absolute atomic E-state index is 0.0940. The third-order valence-electron chi connectivity index (χ3n) is 2.18. The fraction of sp³-hybridized carbons (Fsp3) is 0.167. The van der Waals surface area contributed by atoms with E-state index in [9.17, 15) is 4.79 Å². The van der Waals surface area contributed by atoms with Crippen molar-refractivity contribution in [2.45, 2.75) is 6.92 Å². The quantitative estimate of drug-likeness (QED) is 0.767. The summed E-state index contributed by atoms with van der Waals surface area (Å²) in [6.07, 6.45) is 4.40. The molecule has 0 fully saturated rings. The lowest BCUT2D eigenvalue weighted by atomic mass is 10.3. The maximum absolute atomic E-state index is 11.3. The molecule has 0 bridgehead atoms. The van der Waals surface area contributed by atoms with Crippen molar-refractivity contribution >= 4 is 5.97 Å². The first-order valence-electron chi connectivity index (χ1n) is 5.20. The second kappa shape index (κ2) is 5.22. The Bertz CT molecular complexity index is 572. The molecule has 0 saturated carbocycles. The number of pyridine rings is 1. The van der Waals surface area contributed by atoms with Crippen molar-refractivity contribution in [2.24, 2.45) is 0 Å². The van der Waals surface area contributed by atoms with E-state index in [1.54, 1.807) is 18.3 Å². The van der Waals surface area contributed by atoms with Crippen LogP contribution in [-0.2, 0) is 4.74 Å². The highest BCUT2D eigenvalue weighted by molar-refractivity contribution is 5.86. The van der Waals surface area contributed by atoms with Crippen LogP contribution in [0.5, 0.6) is 11.6 Å². The average Bonchev–Trinajstić information content (AvgIpc) is 2.41. The number of nitrogens with zero attached hydrogens (tertiary/aromatic N) is 3. The van der Waals surface area contributed by atoms with Crippen LogP contribution in [0.15, 0.2) is 30.7 Å². The van der Waals surface area contributed by atoms with Gasteiger partial charge in [-0.1, -0.05) is 0 Å². The van der Waals surface area contributed by atoms with Crippen LogP contribution in [0.2, 0.25) is 0 Å². The van der Waals surface area contributed by atoms with Crippen LogP contribution in [0.25, 0.3) is 0 Å². The summed E-state index contributed by atoms with van der Waals surface area (Å²) >= 11 is 0. The maximum atomic E-state index is 11.3. The van der Waals surface area contributed by atoms with Crippen molar-refractivity contribution in [2.75, 3.05) is 7.11 Å². The molecule has 92 valence electrons. The lowest BCUT2D eigenvalue weighted by Gasteiger charge is -2.06. The molecular weight excluding hydrogens is 234 g/mol. The third-order valence-corrected chi connectivity index (χ3v) is 2.18. The highest BCUT2D eigenvalue weighted by Gasteiger charge is 2.10. The molecule has 0 aliphatic heterocycles. The van der Waals surface area contributed by atoms with E-state index in [1.807, 2.05) is 6.92 Å². The first kappa shape index (κ1) is 12.0. The highest BCUT2D eigenvalue weighted by Crippen LogP contribution is 2.20. The van der Waals surface area contributed by atoms with Gasteiger partial charge in [-0.05, 0) is 19.1 Å². The lowest BCUT2D eigenvalue weighted by molar-refractivity contribution is 0.0592. The van der Waals surface area contributed by atoms with Gasteiger partial charge in [-0.25, -0.2) is 9.78 Å². The summed E-state index contributed by atoms with van der Waals surface area (Å²) in [6.45, 7) is 1.81. The molecule has 0 saturated heterocycles. The van der Waals surface area contributed by atoms with E-state index < -0.39 is 5.97 Å². The normalized spacial score (nSPS) is 9.89. The number of methoxy groups -OCH3 is 1. The van der Waals surface area contributed by atoms with Gasteiger partial charge in [0, 0.05) is 6.20 Å². The summed E-state index contributed by atoms with van der Waals surface area (Å²) in [5.74, 6) is 0.221. The first-order valence-corrected chi connectivity index (χ1v) is 5.20. The molecule has 0 aromatic carbocycles. The van der Waals surface area contributed by atoms with Crippen LogP contribution in [0.1, 0.15) is 16.2 Å². The third kappa shape index (κ3) is 2.60. The van der Waals surface area contributed by atoms with Crippen molar-refractivity contribution in [3.05, 3.63) is 42.1 Å². The van der Waals surface area contributed by atoms with Crippen LogP contribution in [0.3, 0.4) is 0 Å². The van der Waals surface area contributed by atoms with Gasteiger partial charge in [-0.3, -0.25) is 9.97 Å². The summed E-state index contributed by atoms with van der Waals surface area (Å²) in [4.78, 5) is 23.2. The Kier molecular flexibility index (Phi) is 3.47. The van der Waals surface area contributed by atoms with Crippen molar-refractivity contribution in [1.82, 2.24) is 15.0 Å². The van der Waals surface area contributed by atoms with Crippen LogP contribution >= 0.6 is 0 Å². The molecule has 0 atom stereocenters. The largest absolute Gasteiger partial charge is 0.464 e. The molecule has 0 aliphatic carbocycles. The zero-order valence-electron chi connectivity index (χ0n) is 9.95. The monoisotopic (exact) mass is 245 g/mol. The van der Waals surface area contributed by atoms with Gasteiger partial charge in [0.1, 0.15) is 0 Å². The van der Waals surface area contributed by atoms with E-state index in [4.69, 9.17) is 4.74 Å². The van der Waals surface area contributed by atoms with Gasteiger partial charge in [0.15, 0.2) is 11.4 Å². The van der Waals surface area contributed by atoms with E-state index >= 15 is 0 Å². The molecule has 18 heavy (non-hydrogen) atoms. The molecular formula is C12H11N3O3. The van der Waals surface area contributed by atoms with Crippen molar-refractivity contribution < 1.29 is 14.3 Å². The number of aryl methyl sites for hydroxylation is 1. The van der Waals surface area contributed by atoms with Gasteiger partial charge in [0.05, 0.1) is 25.2 Å². The predicted octanol–water partition coefficient (Wildman–Crippen LogP) is 1.76. The zero-order valence-corrected chi connectivity index (χ0v) is 9.95. The Balaban J connectivity index is 2.25. The van der Waals surface area contributed by atoms with Gasteiger partial charge in [0.2, 0.25) is 5.88 Å². The summed E-state index contributed by atoms with van der Waals surface area (Å²) in [7, 11) is 1.28. The molecule has 2 aromatic rings. The van der Waals surface area contributed by atoms with Crippen LogP contribution < -0.4 is 4.74 Å². The van der Waals surface area contributed by atoms with E-state index in [2.05, 4.69) is 19.7 Å². The minimum atomic E-state index is -0.559. The van der Waals surface area contributed by atoms with Crippen molar-refractivity contribution in [3.63, 3.8) is 0 Å². The molecule has 0 unspecified atom stereocenters. The highest BCUT2D eigenvalue weighted by atomic mass is 16.5. The van der Waals surface area contributed by atoms with Gasteiger partial charge in [-0.2, -0.15) is 0 Å². The second-order valence-corrected chi connectivity index (χ2v) is 3.42. The fourth-order valence-corrected chi connectivity index (χ4v) is 1.29. The van der Waals surface area contributed by atoms with Gasteiger partial charge >= 0.3 is 5.97 Å². The Morgan fingerprint density at radius 2 is 2.17 bits per heavy atom. The summed E-state index contributed by atoms with van der Waals surface area (Å²) in [5.41, 5.74) is 0.819. The Morgan fingerprint density at radius 1 is 1.33 bits per heavy atom. The van der Waals surface area contributed by atoms with Gasteiger partial charge in [-0.15, -0.1) is 0 Å². The summed E-state index contributed by atoms with van der Waals surface area (Å²) < 4.78 is 10.1. The number of esters is 1. The molecule has 0 spiro atoms. The molecule has 0 radical (unpaired) electrons. The molecule has 0 amide bonds. The number of carbonyl (C=O) groups is 1. The van der Waals surface area contributed by atoms with Gasteiger partial charge in [0.25, 0.3) is 0 Å². The fourth-order valence-electron chi connectivity index (χ4n) is 1.29. The lowest BCUT2D eigenvalue weighted by Crippen LogP contribution is -2.05. The van der Waals surface area contributed by atoms with Crippen molar-refractivity contribution in [1.29, 1.82) is 0 Å². The minimum Gasteiger partial charge on any atom is -0.464 e. The van der Waals surface area contributed by atoms with E-state index in [0.29, 0.717) is 5.75 Å². The Labute approximate surface area is 104 Å². The number of aromatic nitrogens is 3. The van der Waals surface area contributed by atoms with Gasteiger partial charge < -0.3 is 9.47 Å². The second-order valence-electron chi connectivity index (χ2n) is 3.42. The van der Waals surface area contributed by atoms with Crippen LogP contribution in [0.4, 0.5) is 0 Å². The molecule has 6 nitrogen and oxygen atoms in total. The molecule has 0 aliphatic rings. The summed E-state index contributed by atoms with van der Waals surface area (Å²) in [6, 6.07) is 3.51. The SMILES string of the molecule is COC(=O)c1cncc(Oc2cccnc2C)n1. The molecule has 2 heterocycles. The molecule has 2 rings (SSSR count). The predicted molar refractivity (Wildman–Crippen MR) is 62.4 cm³/mol. The molecule has 0 N–H and O–H groups in total. The average molecular weight is 245 g/mol. The van der Waals surface area contributed by atoms with E-state index in [0.717, 1.165) is 5.69 Å². The standard InChI is InChI=1S/C12H11N3O3/c1-8-10(4-3-5-14-8)18-11-7-13-6-9(15-11)12(16)17-2/h3-7H,1-2H3. The number of hydrogen-bond donors (Lipinski definition) is 0. The number of hydrogen-bond acceptors (Lipinski definition) is 6. The van der Waals surface area contributed by atoms with E-state index in [1.165, 1.54) is 19.5 Å². The number of rotatable bonds is 3. The first-order chi connectivity index (χ1) is 8.70. The molecule has 2 aromatic heterocycles. The zero-order chi connectivity index (χ0) is 13.0. The van der Waals surface area contributed by atoms with Crippen LogP contribution in [-0.4, -0.2) is 28.0 Å². The number of carbonyl (C=O) groups excluding carboxylic acids is 1. The summed E-state index contributed by atoms with van der Waals surface area (Å²) in [5, 5.41) is 0. The Hall–Kier alpha value is -2.50. The Morgan fingerprint density at radius 3 is 2.89 bits per heavy atom. The molecule has 6 heteroatoms.